The highest BCUT2D eigenvalue weighted by molar-refractivity contribution is 5.83. The molecule has 0 unspecified atom stereocenters. The van der Waals surface area contributed by atoms with Crippen molar-refractivity contribution < 1.29 is 9.59 Å². The molecule has 2 amide bonds. The zero-order valence-electron chi connectivity index (χ0n) is 14.7. The summed E-state index contributed by atoms with van der Waals surface area (Å²) in [6.45, 7) is 5.46. The van der Waals surface area contributed by atoms with Gasteiger partial charge in [0.2, 0.25) is 11.8 Å². The fourth-order valence-electron chi connectivity index (χ4n) is 3.16. The zero-order chi connectivity index (χ0) is 17.7. The first-order valence-corrected chi connectivity index (χ1v) is 8.52. The van der Waals surface area contributed by atoms with Crippen LogP contribution in [0.25, 0.3) is 0 Å². The Balaban J connectivity index is 1.98. The maximum absolute atomic E-state index is 12.7. The number of nitrogens with zero attached hydrogens (tertiary/aromatic N) is 3. The van der Waals surface area contributed by atoms with Crippen LogP contribution in [0.3, 0.4) is 0 Å². The van der Waals surface area contributed by atoms with Crippen LogP contribution >= 0.6 is 0 Å². The summed E-state index contributed by atoms with van der Waals surface area (Å²) in [5.41, 5.74) is 0. The second-order valence-corrected chi connectivity index (χ2v) is 7.06. The number of nitriles is 1. The van der Waals surface area contributed by atoms with Crippen molar-refractivity contribution in [2.75, 3.05) is 20.3 Å². The summed E-state index contributed by atoms with van der Waals surface area (Å²) in [5.74, 6) is 0.0125. The lowest BCUT2D eigenvalue weighted by Crippen LogP contribution is -2.49. The second-order valence-electron chi connectivity index (χ2n) is 7.06. The van der Waals surface area contributed by atoms with E-state index in [0.29, 0.717) is 32.0 Å². The van der Waals surface area contributed by atoms with Crippen molar-refractivity contribution in [1.29, 1.82) is 5.26 Å². The Morgan fingerprint density at radius 2 is 2.25 bits per heavy atom. The van der Waals surface area contributed by atoms with Gasteiger partial charge >= 0.3 is 0 Å². The average molecular weight is 333 g/mol. The fraction of sp³-hybridized carbons (Fsp3) is 0.706. The largest absolute Gasteiger partial charge is 0.362 e. The molecule has 2 aliphatic rings. The molecular weight excluding hydrogens is 306 g/mol. The van der Waals surface area contributed by atoms with E-state index < -0.39 is 6.04 Å². The van der Waals surface area contributed by atoms with Gasteiger partial charge in [-0.15, -0.1) is 0 Å². The molecule has 2 N–H and O–H groups in total. The van der Waals surface area contributed by atoms with Gasteiger partial charge in [-0.05, 0) is 25.2 Å². The number of carbonyl (C=O) groups excluding carboxylic acids is 2. The summed E-state index contributed by atoms with van der Waals surface area (Å²) >= 11 is 0. The van der Waals surface area contributed by atoms with Crippen molar-refractivity contribution >= 4 is 11.8 Å². The third-order valence-electron chi connectivity index (χ3n) is 4.45. The lowest BCUT2D eigenvalue weighted by molar-refractivity contribution is -0.127. The Labute approximate surface area is 143 Å². The maximum Gasteiger partial charge on any atom is 0.243 e. The van der Waals surface area contributed by atoms with Crippen molar-refractivity contribution in [2.24, 2.45) is 11.8 Å². The van der Waals surface area contributed by atoms with Crippen LogP contribution in [0, 0.1) is 23.2 Å². The van der Waals surface area contributed by atoms with Crippen molar-refractivity contribution in [3.63, 3.8) is 0 Å². The van der Waals surface area contributed by atoms with Crippen LogP contribution in [0.15, 0.2) is 12.4 Å². The van der Waals surface area contributed by atoms with Gasteiger partial charge in [-0.2, -0.15) is 5.26 Å². The summed E-state index contributed by atoms with van der Waals surface area (Å²) in [7, 11) is 1.96. The summed E-state index contributed by atoms with van der Waals surface area (Å²) in [5, 5.41) is 15.0. The molecule has 2 heterocycles. The molecule has 2 rings (SSSR count). The number of hydrogen-bond donors (Lipinski definition) is 2. The molecule has 1 saturated heterocycles. The first-order valence-electron chi connectivity index (χ1n) is 8.52. The monoisotopic (exact) mass is 333 g/mol. The maximum atomic E-state index is 12.7. The lowest BCUT2D eigenvalue weighted by Gasteiger charge is -2.30. The first-order chi connectivity index (χ1) is 11.4. The molecule has 0 aromatic carbocycles. The molecule has 0 spiro atoms. The van der Waals surface area contributed by atoms with Crippen molar-refractivity contribution in [3.8, 4) is 6.07 Å². The minimum atomic E-state index is -0.634. The molecule has 3 atom stereocenters. The van der Waals surface area contributed by atoms with Crippen molar-refractivity contribution in [1.82, 2.24) is 20.4 Å². The highest BCUT2D eigenvalue weighted by Crippen LogP contribution is 2.19. The van der Waals surface area contributed by atoms with E-state index in [9.17, 15) is 14.9 Å². The SMILES string of the molecule is CC(C)C[C@@H](C(=O)N[C@H](C#N)C[C@@H]1CCNC1=O)N1C=CN(C)C1. The Bertz CT molecular complexity index is 540. The molecule has 0 saturated carbocycles. The van der Waals surface area contributed by atoms with Gasteiger partial charge in [0.1, 0.15) is 12.1 Å². The molecule has 24 heavy (non-hydrogen) atoms. The van der Waals surface area contributed by atoms with E-state index in [-0.39, 0.29) is 23.8 Å². The van der Waals surface area contributed by atoms with Crippen LogP contribution < -0.4 is 10.6 Å². The molecule has 0 aliphatic carbocycles. The molecule has 0 radical (unpaired) electrons. The summed E-state index contributed by atoms with van der Waals surface area (Å²) in [4.78, 5) is 28.4. The number of nitrogens with one attached hydrogen (secondary N) is 2. The van der Waals surface area contributed by atoms with E-state index in [2.05, 4.69) is 30.6 Å². The van der Waals surface area contributed by atoms with E-state index in [1.54, 1.807) is 0 Å². The van der Waals surface area contributed by atoms with Gasteiger partial charge in [-0.1, -0.05) is 13.8 Å². The third kappa shape index (κ3) is 4.63. The van der Waals surface area contributed by atoms with Crippen LogP contribution in [0.2, 0.25) is 0 Å². The summed E-state index contributed by atoms with van der Waals surface area (Å²) < 4.78 is 0. The number of rotatable bonds is 7. The van der Waals surface area contributed by atoms with Crippen molar-refractivity contribution in [3.05, 3.63) is 12.4 Å². The zero-order valence-corrected chi connectivity index (χ0v) is 14.7. The summed E-state index contributed by atoms with van der Waals surface area (Å²) in [6, 6.07) is 1.19. The molecule has 1 fully saturated rings. The van der Waals surface area contributed by atoms with Crippen LogP contribution in [0.1, 0.15) is 33.1 Å². The van der Waals surface area contributed by atoms with Gasteiger partial charge in [-0.25, -0.2) is 0 Å². The van der Waals surface area contributed by atoms with E-state index in [4.69, 9.17) is 0 Å². The molecule has 0 aromatic rings. The van der Waals surface area contributed by atoms with E-state index in [1.165, 1.54) is 0 Å². The normalized spacial score (nSPS) is 22.5. The molecule has 0 bridgehead atoms. The minimum absolute atomic E-state index is 0.0210. The average Bonchev–Trinajstić information content (AvgIpc) is 3.12. The molecule has 2 aliphatic heterocycles. The van der Waals surface area contributed by atoms with Crippen LogP contribution in [-0.2, 0) is 9.59 Å². The third-order valence-corrected chi connectivity index (χ3v) is 4.45. The molecule has 7 heteroatoms. The van der Waals surface area contributed by atoms with Gasteiger partial charge in [0, 0.05) is 31.9 Å². The van der Waals surface area contributed by atoms with Gasteiger partial charge in [-0.3, -0.25) is 9.59 Å². The standard InChI is InChI=1S/C17H27N5O2/c1-12(2)8-15(22-7-6-21(3)11-22)17(24)20-14(10-18)9-13-4-5-19-16(13)23/h6-7,12-15H,4-5,8-9,11H2,1-3H3,(H,19,23)(H,20,24)/t13-,14-,15-/m0/s1. The second kappa shape index (κ2) is 8.04. The number of amides is 2. The minimum Gasteiger partial charge on any atom is -0.362 e. The molecule has 132 valence electrons. The quantitative estimate of drug-likeness (QED) is 0.713. The van der Waals surface area contributed by atoms with Crippen molar-refractivity contribution in [2.45, 2.75) is 45.2 Å². The first kappa shape index (κ1) is 18.1. The highest BCUT2D eigenvalue weighted by atomic mass is 16.2. The molecule has 0 aromatic heterocycles. The molecule has 7 nitrogen and oxygen atoms in total. The number of carbonyl (C=O) groups is 2. The van der Waals surface area contributed by atoms with E-state index >= 15 is 0 Å². The Morgan fingerprint density at radius 1 is 1.50 bits per heavy atom. The van der Waals surface area contributed by atoms with Crippen LogP contribution in [0.4, 0.5) is 0 Å². The summed E-state index contributed by atoms with van der Waals surface area (Å²) in [6.07, 6.45) is 5.66. The predicted octanol–water partition coefficient (Wildman–Crippen LogP) is 0.612. The smallest absolute Gasteiger partial charge is 0.243 e. The number of hydrogen-bond acceptors (Lipinski definition) is 5. The van der Waals surface area contributed by atoms with Gasteiger partial charge < -0.3 is 20.4 Å². The van der Waals surface area contributed by atoms with Gasteiger partial charge in [0.25, 0.3) is 0 Å². The Hall–Kier alpha value is -2.23. The van der Waals surface area contributed by atoms with E-state index in [1.807, 2.05) is 29.2 Å². The topological polar surface area (TPSA) is 88.5 Å². The Kier molecular flexibility index (Phi) is 6.07. The Morgan fingerprint density at radius 3 is 2.75 bits per heavy atom. The molecular formula is C17H27N5O2. The predicted molar refractivity (Wildman–Crippen MR) is 90.1 cm³/mol. The van der Waals surface area contributed by atoms with Crippen LogP contribution in [-0.4, -0.2) is 54.0 Å². The lowest BCUT2D eigenvalue weighted by atomic mass is 9.97. The highest BCUT2D eigenvalue weighted by Gasteiger charge is 2.31. The van der Waals surface area contributed by atoms with Gasteiger partial charge in [0.05, 0.1) is 12.7 Å². The van der Waals surface area contributed by atoms with Gasteiger partial charge in [0.15, 0.2) is 0 Å². The van der Waals surface area contributed by atoms with Crippen LogP contribution in [0.5, 0.6) is 0 Å². The van der Waals surface area contributed by atoms with E-state index in [0.717, 1.165) is 6.42 Å². The fourth-order valence-corrected chi connectivity index (χ4v) is 3.16.